The van der Waals surface area contributed by atoms with Crippen LogP contribution in [0.1, 0.15) is 44.7 Å². The van der Waals surface area contributed by atoms with E-state index in [2.05, 4.69) is 32.9 Å². The lowest BCUT2D eigenvalue weighted by molar-refractivity contribution is -0.135. The molecule has 1 saturated heterocycles. The lowest BCUT2D eigenvalue weighted by Gasteiger charge is -2.32. The average molecular weight is 465 g/mol. The number of nitrogens with zero attached hydrogens (tertiary/aromatic N) is 2. The summed E-state index contributed by atoms with van der Waals surface area (Å²) in [5, 5.41) is 0. The molecule has 1 heterocycles. The number of rotatable bonds is 5. The third-order valence-corrected chi connectivity index (χ3v) is 7.84. The van der Waals surface area contributed by atoms with Crippen molar-refractivity contribution in [3.8, 4) is 0 Å². The quantitative estimate of drug-likeness (QED) is 0.662. The number of sulfonamides is 1. The number of halogens is 2. The van der Waals surface area contributed by atoms with Crippen molar-refractivity contribution in [3.63, 3.8) is 0 Å². The molecule has 0 bridgehead atoms. The molecule has 1 amide bonds. The van der Waals surface area contributed by atoms with Crippen LogP contribution in [0.15, 0.2) is 47.4 Å². The molecule has 2 aromatic carbocycles. The molecule has 0 radical (unpaired) electrons. The van der Waals surface area contributed by atoms with Gasteiger partial charge in [0.15, 0.2) is 11.6 Å². The molecule has 1 aliphatic heterocycles. The van der Waals surface area contributed by atoms with E-state index in [9.17, 15) is 22.0 Å². The van der Waals surface area contributed by atoms with Gasteiger partial charge in [-0.05, 0) is 47.6 Å². The van der Waals surface area contributed by atoms with Gasteiger partial charge in [0.2, 0.25) is 15.9 Å². The van der Waals surface area contributed by atoms with Crippen LogP contribution in [0.3, 0.4) is 0 Å². The molecule has 0 spiro atoms. The topological polar surface area (TPSA) is 57.7 Å². The summed E-state index contributed by atoms with van der Waals surface area (Å²) in [6.07, 6.45) is 0.768. The summed E-state index contributed by atoms with van der Waals surface area (Å²) < 4.78 is 53.3. The van der Waals surface area contributed by atoms with E-state index in [0.717, 1.165) is 17.7 Å². The summed E-state index contributed by atoms with van der Waals surface area (Å²) in [7, 11) is -2.18. The zero-order valence-corrected chi connectivity index (χ0v) is 19.8. The van der Waals surface area contributed by atoms with E-state index in [1.807, 2.05) is 12.1 Å². The maximum atomic E-state index is 13.5. The fourth-order valence-electron chi connectivity index (χ4n) is 3.90. The lowest BCUT2D eigenvalue weighted by atomic mass is 9.86. The van der Waals surface area contributed by atoms with Crippen molar-refractivity contribution < 1.29 is 22.0 Å². The zero-order valence-electron chi connectivity index (χ0n) is 18.9. The summed E-state index contributed by atoms with van der Waals surface area (Å²) in [5.41, 5.74) is 2.32. The molecule has 2 aromatic rings. The van der Waals surface area contributed by atoms with Gasteiger partial charge >= 0.3 is 0 Å². The number of hydrogen-bond acceptors (Lipinski definition) is 3. The molecule has 0 aromatic heterocycles. The highest BCUT2D eigenvalue weighted by molar-refractivity contribution is 7.89. The van der Waals surface area contributed by atoms with E-state index >= 15 is 0 Å². The predicted molar refractivity (Wildman–Crippen MR) is 119 cm³/mol. The first-order chi connectivity index (χ1) is 14.9. The molecule has 0 unspecified atom stereocenters. The maximum absolute atomic E-state index is 13.5. The molecule has 0 saturated carbocycles. The second-order valence-electron chi connectivity index (χ2n) is 9.40. The molecule has 5 nitrogen and oxygen atoms in total. The second kappa shape index (κ2) is 9.27. The Hall–Kier alpha value is -2.32. The molecule has 1 aliphatic rings. The third kappa shape index (κ3) is 5.35. The van der Waals surface area contributed by atoms with Gasteiger partial charge in [0.1, 0.15) is 0 Å². The van der Waals surface area contributed by atoms with Gasteiger partial charge in [-0.15, -0.1) is 0 Å². The Balaban J connectivity index is 1.59. The fraction of sp³-hybridized carbons (Fsp3) is 0.458. The van der Waals surface area contributed by atoms with Crippen LogP contribution in [-0.2, 0) is 26.8 Å². The Morgan fingerprint density at radius 1 is 1.03 bits per heavy atom. The highest BCUT2D eigenvalue weighted by atomic mass is 32.2. The highest BCUT2D eigenvalue weighted by Crippen LogP contribution is 2.27. The largest absolute Gasteiger partial charge is 0.341 e. The molecule has 3 rings (SSSR count). The van der Waals surface area contributed by atoms with Gasteiger partial charge in [0.25, 0.3) is 0 Å². The Morgan fingerprint density at radius 2 is 1.62 bits per heavy atom. The van der Waals surface area contributed by atoms with Crippen LogP contribution in [0.2, 0.25) is 0 Å². The van der Waals surface area contributed by atoms with E-state index in [4.69, 9.17) is 0 Å². The minimum Gasteiger partial charge on any atom is -0.341 e. The Morgan fingerprint density at radius 3 is 2.16 bits per heavy atom. The minimum atomic E-state index is -3.93. The monoisotopic (exact) mass is 464 g/mol. The molecule has 8 heteroatoms. The van der Waals surface area contributed by atoms with Gasteiger partial charge in [0.05, 0.1) is 4.90 Å². The second-order valence-corrected chi connectivity index (χ2v) is 11.3. The average Bonchev–Trinajstić information content (AvgIpc) is 2.75. The number of amides is 1. The molecule has 32 heavy (non-hydrogen) atoms. The van der Waals surface area contributed by atoms with E-state index < -0.39 is 21.7 Å². The van der Waals surface area contributed by atoms with Gasteiger partial charge in [0, 0.05) is 32.6 Å². The third-order valence-electron chi connectivity index (χ3n) is 5.95. The van der Waals surface area contributed by atoms with Gasteiger partial charge in [-0.25, -0.2) is 17.2 Å². The normalized spacial score (nSPS) is 16.2. The van der Waals surface area contributed by atoms with Crippen molar-refractivity contribution in [3.05, 3.63) is 65.2 Å². The van der Waals surface area contributed by atoms with Crippen LogP contribution in [0, 0.1) is 17.6 Å². The highest BCUT2D eigenvalue weighted by Gasteiger charge is 2.33. The lowest BCUT2D eigenvalue weighted by Crippen LogP contribution is -2.43. The first-order valence-corrected chi connectivity index (χ1v) is 12.1. The molecular formula is C24H30F2N2O3S. The summed E-state index contributed by atoms with van der Waals surface area (Å²) in [4.78, 5) is 14.3. The Bertz CT molecular complexity index is 1070. The van der Waals surface area contributed by atoms with Crippen LogP contribution in [-0.4, -0.2) is 43.7 Å². The molecular weight excluding hydrogens is 434 g/mol. The summed E-state index contributed by atoms with van der Waals surface area (Å²) in [5.74, 6) is -2.59. The van der Waals surface area contributed by atoms with Crippen LogP contribution < -0.4 is 0 Å². The van der Waals surface area contributed by atoms with Gasteiger partial charge in [-0.1, -0.05) is 45.0 Å². The fourth-order valence-corrected chi connectivity index (χ4v) is 5.39. The minimum absolute atomic E-state index is 0.0187. The number of carbonyl (C=O) groups excluding carboxylic acids is 1. The standard InChI is InChI=1S/C24H30F2N2O3S/c1-24(2,3)19-7-5-17(6-8-19)16-27(4)23(29)18-11-13-28(14-12-18)32(30,31)20-9-10-21(25)22(26)15-20/h5-10,15,18H,11-14,16H2,1-4H3. The van der Waals surface area contributed by atoms with E-state index in [1.165, 1.54) is 9.87 Å². The van der Waals surface area contributed by atoms with E-state index in [0.29, 0.717) is 25.5 Å². The molecule has 0 aliphatic carbocycles. The van der Waals surface area contributed by atoms with Gasteiger partial charge < -0.3 is 4.90 Å². The number of piperidine rings is 1. The van der Waals surface area contributed by atoms with Crippen molar-refractivity contribution in [1.29, 1.82) is 0 Å². The SMILES string of the molecule is CN(Cc1ccc(C(C)(C)C)cc1)C(=O)C1CCN(S(=O)(=O)c2ccc(F)c(F)c2)CC1. The molecule has 1 fully saturated rings. The summed E-state index contributed by atoms with van der Waals surface area (Å²) in [6, 6.07) is 10.8. The van der Waals surface area contributed by atoms with Crippen LogP contribution in [0.25, 0.3) is 0 Å². The Labute approximate surface area is 189 Å². The van der Waals surface area contributed by atoms with Gasteiger partial charge in [-0.2, -0.15) is 4.31 Å². The first kappa shape index (κ1) is 24.3. The van der Waals surface area contributed by atoms with E-state index in [-0.39, 0.29) is 35.2 Å². The molecule has 174 valence electrons. The summed E-state index contributed by atoms with van der Waals surface area (Å²) >= 11 is 0. The van der Waals surface area contributed by atoms with E-state index in [1.54, 1.807) is 11.9 Å². The molecule has 0 N–H and O–H groups in total. The predicted octanol–water partition coefficient (Wildman–Crippen LogP) is 4.32. The van der Waals surface area contributed by atoms with Crippen molar-refractivity contribution in [1.82, 2.24) is 9.21 Å². The van der Waals surface area contributed by atoms with Crippen molar-refractivity contribution in [2.45, 2.75) is 50.5 Å². The van der Waals surface area contributed by atoms with Crippen molar-refractivity contribution in [2.75, 3.05) is 20.1 Å². The van der Waals surface area contributed by atoms with Crippen LogP contribution in [0.4, 0.5) is 8.78 Å². The Kier molecular flexibility index (Phi) is 7.05. The molecule has 0 atom stereocenters. The van der Waals surface area contributed by atoms with Crippen LogP contribution >= 0.6 is 0 Å². The smallest absolute Gasteiger partial charge is 0.243 e. The number of benzene rings is 2. The zero-order chi connectivity index (χ0) is 23.7. The van der Waals surface area contributed by atoms with Gasteiger partial charge in [-0.3, -0.25) is 4.79 Å². The van der Waals surface area contributed by atoms with Crippen molar-refractivity contribution >= 4 is 15.9 Å². The summed E-state index contributed by atoms with van der Waals surface area (Å²) in [6.45, 7) is 7.25. The maximum Gasteiger partial charge on any atom is 0.243 e. The number of hydrogen-bond donors (Lipinski definition) is 0. The number of carbonyl (C=O) groups is 1. The first-order valence-electron chi connectivity index (χ1n) is 10.7. The van der Waals surface area contributed by atoms with Crippen molar-refractivity contribution in [2.24, 2.45) is 5.92 Å². The van der Waals surface area contributed by atoms with Crippen LogP contribution in [0.5, 0.6) is 0 Å².